The first-order valence-corrected chi connectivity index (χ1v) is 14.4. The number of nitrogens with one attached hydrogen (secondary N) is 1. The maximum atomic E-state index is 13.6. The first-order valence-electron chi connectivity index (χ1n) is 13.6. The lowest BCUT2D eigenvalue weighted by Gasteiger charge is -2.27. The normalized spacial score (nSPS) is 12.5. The van der Waals surface area contributed by atoms with Gasteiger partial charge < -0.3 is 20.8 Å². The van der Waals surface area contributed by atoms with Gasteiger partial charge in [0.1, 0.15) is 23.1 Å². The predicted molar refractivity (Wildman–Crippen MR) is 167 cm³/mol. The van der Waals surface area contributed by atoms with E-state index < -0.39 is 23.8 Å². The Bertz CT molecular complexity index is 1160. The van der Waals surface area contributed by atoms with E-state index in [1.54, 1.807) is 29.4 Å². The predicted octanol–water partition coefficient (Wildman–Crippen LogP) is 7.14. The van der Waals surface area contributed by atoms with E-state index in [9.17, 15) is 13.6 Å². The van der Waals surface area contributed by atoms with Gasteiger partial charge in [0.25, 0.3) is 0 Å². The smallest absolute Gasteiger partial charge is 0.410 e. The first-order chi connectivity index (χ1) is 19.3. The molecule has 230 valence electrons. The molecule has 0 bridgehead atoms. The van der Waals surface area contributed by atoms with Gasteiger partial charge in [-0.3, -0.25) is 4.99 Å². The van der Waals surface area contributed by atoms with Crippen LogP contribution in [0.5, 0.6) is 0 Å². The summed E-state index contributed by atoms with van der Waals surface area (Å²) in [6.45, 7) is 20.3. The average Bonchev–Trinajstić information content (AvgIpc) is 3.41. The van der Waals surface area contributed by atoms with Crippen molar-refractivity contribution in [1.82, 2.24) is 20.3 Å². The van der Waals surface area contributed by atoms with Crippen molar-refractivity contribution in [2.75, 3.05) is 25.4 Å². The third-order valence-corrected chi connectivity index (χ3v) is 6.43. The fourth-order valence-corrected chi connectivity index (χ4v) is 4.08. The molecule has 2 heterocycles. The molecular formula is C29H47F2N7O2S. The molecular weight excluding hydrogens is 548 g/mol. The molecule has 0 saturated carbocycles. The van der Waals surface area contributed by atoms with Crippen molar-refractivity contribution in [1.29, 1.82) is 0 Å². The van der Waals surface area contributed by atoms with E-state index in [2.05, 4.69) is 33.9 Å². The zero-order chi connectivity index (χ0) is 31.8. The Morgan fingerprint density at radius 2 is 1.90 bits per heavy atom. The molecule has 5 N–H and O–H groups in total. The molecule has 12 heteroatoms. The number of amidine groups is 1. The number of aromatic nitrogens is 2. The number of anilines is 1. The zero-order valence-electron chi connectivity index (χ0n) is 25.8. The molecule has 0 saturated heterocycles. The van der Waals surface area contributed by atoms with Gasteiger partial charge in [0.2, 0.25) is 0 Å². The number of carbonyl (C=O) groups excluding carboxylic acids is 1. The third-order valence-electron chi connectivity index (χ3n) is 5.16. The Morgan fingerprint density at radius 3 is 2.41 bits per heavy atom. The summed E-state index contributed by atoms with van der Waals surface area (Å²) < 4.78 is 32.1. The maximum Gasteiger partial charge on any atom is 0.410 e. The summed E-state index contributed by atoms with van der Waals surface area (Å²) in [7, 11) is 0. The molecule has 1 atom stereocenters. The van der Waals surface area contributed by atoms with Crippen LogP contribution in [0.3, 0.4) is 0 Å². The van der Waals surface area contributed by atoms with Crippen molar-refractivity contribution in [3.63, 3.8) is 0 Å². The molecule has 0 spiro atoms. The number of thiazole rings is 1. The number of nitrogens with two attached hydrogens (primary N) is 2. The zero-order valence-corrected chi connectivity index (χ0v) is 26.7. The van der Waals surface area contributed by atoms with Crippen LogP contribution < -0.4 is 17.0 Å². The lowest BCUT2D eigenvalue weighted by molar-refractivity contribution is 0.0256. The van der Waals surface area contributed by atoms with Crippen LogP contribution in [0.1, 0.15) is 85.2 Å². The van der Waals surface area contributed by atoms with Crippen LogP contribution in [-0.4, -0.2) is 52.0 Å². The van der Waals surface area contributed by atoms with E-state index in [0.717, 1.165) is 22.4 Å². The van der Waals surface area contributed by atoms with Gasteiger partial charge in [-0.15, -0.1) is 17.9 Å². The maximum absolute atomic E-state index is 13.6. The van der Waals surface area contributed by atoms with Gasteiger partial charge in [-0.25, -0.2) is 29.4 Å². The SMILES string of the molecule is C=CC.CC.CCN(CCC(C)c1ncc(-c2cnc(N)c(C(=NC/C(F)=C(\C)F)NN)c2)s1)C(=O)OC(C)(C)C. The lowest BCUT2D eigenvalue weighted by atomic mass is 10.1. The molecule has 1 unspecified atom stereocenters. The molecule has 0 aromatic carbocycles. The Morgan fingerprint density at radius 1 is 1.29 bits per heavy atom. The molecule has 0 aliphatic rings. The van der Waals surface area contributed by atoms with Crippen molar-refractivity contribution in [3.8, 4) is 10.4 Å². The highest BCUT2D eigenvalue weighted by atomic mass is 32.1. The van der Waals surface area contributed by atoms with Crippen molar-refractivity contribution >= 4 is 29.1 Å². The molecule has 0 fully saturated rings. The van der Waals surface area contributed by atoms with Crippen molar-refractivity contribution in [2.24, 2.45) is 10.8 Å². The molecule has 0 aliphatic carbocycles. The van der Waals surface area contributed by atoms with Crippen LogP contribution in [0, 0.1) is 0 Å². The van der Waals surface area contributed by atoms with Gasteiger partial charge in [0, 0.05) is 37.0 Å². The average molecular weight is 596 g/mol. The minimum absolute atomic E-state index is 0.0816. The Labute approximate surface area is 247 Å². The number of hydrazine groups is 1. The van der Waals surface area contributed by atoms with E-state index >= 15 is 0 Å². The molecule has 9 nitrogen and oxygen atoms in total. The highest BCUT2D eigenvalue weighted by molar-refractivity contribution is 7.15. The minimum atomic E-state index is -1.00. The van der Waals surface area contributed by atoms with E-state index in [1.165, 1.54) is 11.3 Å². The van der Waals surface area contributed by atoms with Gasteiger partial charge in [0.15, 0.2) is 5.83 Å². The van der Waals surface area contributed by atoms with Crippen LogP contribution in [0.2, 0.25) is 0 Å². The fraction of sp³-hybridized carbons (Fsp3) is 0.517. The first kappa shape index (κ1) is 37.6. The topological polar surface area (TPSA) is 132 Å². The summed E-state index contributed by atoms with van der Waals surface area (Å²) in [5.41, 5.74) is 8.89. The van der Waals surface area contributed by atoms with Crippen LogP contribution in [0.25, 0.3) is 10.4 Å². The number of halogens is 2. The monoisotopic (exact) mass is 595 g/mol. The van der Waals surface area contributed by atoms with E-state index in [0.29, 0.717) is 25.1 Å². The quantitative estimate of drug-likeness (QED) is 0.0923. The second-order valence-electron chi connectivity index (χ2n) is 9.63. The molecule has 2 aromatic heterocycles. The number of ether oxygens (including phenoxy) is 1. The summed E-state index contributed by atoms with van der Waals surface area (Å²) in [6.07, 6.45) is 5.47. The second kappa shape index (κ2) is 18.9. The van der Waals surface area contributed by atoms with Crippen molar-refractivity contribution in [3.05, 3.63) is 53.3 Å². The van der Waals surface area contributed by atoms with Gasteiger partial charge in [0.05, 0.1) is 22.0 Å². The van der Waals surface area contributed by atoms with E-state index in [-0.39, 0.29) is 23.7 Å². The summed E-state index contributed by atoms with van der Waals surface area (Å²) in [5, 5.41) is 0.903. The van der Waals surface area contributed by atoms with Crippen LogP contribution in [-0.2, 0) is 4.74 Å². The summed E-state index contributed by atoms with van der Waals surface area (Å²) >= 11 is 1.49. The highest BCUT2D eigenvalue weighted by Gasteiger charge is 2.22. The van der Waals surface area contributed by atoms with Gasteiger partial charge >= 0.3 is 6.09 Å². The number of hydrogen-bond acceptors (Lipinski definition) is 8. The number of carbonyl (C=O) groups is 1. The minimum Gasteiger partial charge on any atom is -0.444 e. The number of nitrogen functional groups attached to an aromatic ring is 1. The number of aliphatic imine (C=N–C) groups is 1. The van der Waals surface area contributed by atoms with E-state index in [1.807, 2.05) is 48.5 Å². The number of nitrogens with zero attached hydrogens (tertiary/aromatic N) is 4. The molecule has 0 aliphatic heterocycles. The van der Waals surface area contributed by atoms with Crippen molar-refractivity contribution in [2.45, 2.75) is 80.3 Å². The summed E-state index contributed by atoms with van der Waals surface area (Å²) in [5.74, 6) is 3.92. The number of allylic oxidation sites excluding steroid dienone is 2. The van der Waals surface area contributed by atoms with E-state index in [4.69, 9.17) is 16.3 Å². The highest BCUT2D eigenvalue weighted by Crippen LogP contribution is 2.32. The van der Waals surface area contributed by atoms with Gasteiger partial charge in [-0.1, -0.05) is 26.8 Å². The standard InChI is InChI=1S/C24H35F2N7O2S.C3H6.C2H6/c1-7-33(23(34)35-24(4,5)6)9-8-14(2)22-31-13-19(36-22)16-10-17(20(27)29-11-16)21(32-28)30-12-18(26)15(3)25;1-3-2;1-2/h10-11,13-14H,7-9,12,28H2,1-6H3,(H2,27,29)(H,30,32);3H,1H2,2H3;1-2H3/b18-15-;;. The lowest BCUT2D eigenvalue weighted by Crippen LogP contribution is -2.37. The number of rotatable bonds is 9. The molecule has 1 amide bonds. The molecule has 2 rings (SSSR count). The number of hydrogen-bond donors (Lipinski definition) is 3. The van der Waals surface area contributed by atoms with Gasteiger partial charge in [-0.2, -0.15) is 0 Å². The largest absolute Gasteiger partial charge is 0.444 e. The summed E-state index contributed by atoms with van der Waals surface area (Å²) in [6, 6.07) is 1.72. The number of amides is 1. The Kier molecular flexibility index (Phi) is 17.3. The summed E-state index contributed by atoms with van der Waals surface area (Å²) in [4.78, 5) is 27.6. The number of pyridine rings is 1. The second-order valence-corrected chi connectivity index (χ2v) is 10.7. The Balaban J connectivity index is 0.00000299. The van der Waals surface area contributed by atoms with Gasteiger partial charge in [-0.05, 0) is 54.0 Å². The van der Waals surface area contributed by atoms with Crippen LogP contribution >= 0.6 is 11.3 Å². The third kappa shape index (κ3) is 13.2. The Hall–Kier alpha value is -3.38. The fourth-order valence-electron chi connectivity index (χ4n) is 3.09. The molecule has 0 radical (unpaired) electrons. The van der Waals surface area contributed by atoms with Crippen LogP contribution in [0.15, 0.2) is 47.8 Å². The van der Waals surface area contributed by atoms with Crippen LogP contribution in [0.4, 0.5) is 19.4 Å². The molecule has 2 aromatic rings. The van der Waals surface area contributed by atoms with Crippen molar-refractivity contribution < 1.29 is 18.3 Å². The molecule has 41 heavy (non-hydrogen) atoms.